The Bertz CT molecular complexity index is 484. The Morgan fingerprint density at radius 1 is 1.38 bits per heavy atom. The van der Waals surface area contributed by atoms with Crippen LogP contribution in [-0.2, 0) is 16.8 Å². The molecule has 0 aliphatic carbocycles. The van der Waals surface area contributed by atoms with E-state index in [-0.39, 0.29) is 11.3 Å². The van der Waals surface area contributed by atoms with Crippen molar-refractivity contribution >= 4 is 17.2 Å². The van der Waals surface area contributed by atoms with E-state index in [1.54, 1.807) is 18.3 Å². The summed E-state index contributed by atoms with van der Waals surface area (Å²) in [6, 6.07) is -0.399. The fourth-order valence-corrected chi connectivity index (χ4v) is 3.27. The van der Waals surface area contributed by atoms with Crippen LogP contribution in [0.3, 0.4) is 0 Å². The number of aromatic nitrogens is 1. The van der Waals surface area contributed by atoms with Crippen LogP contribution in [0.5, 0.6) is 0 Å². The van der Waals surface area contributed by atoms with Gasteiger partial charge in [0.15, 0.2) is 0 Å². The molecule has 2 N–H and O–H groups in total. The number of rotatable bonds is 3. The molecule has 6 heteroatoms. The number of carbonyl (C=O) groups excluding carboxylic acids is 1. The highest BCUT2D eigenvalue weighted by molar-refractivity contribution is 7.09. The topological polar surface area (TPSA) is 62.5 Å². The molecular formula is C15H26N4OS. The van der Waals surface area contributed by atoms with Crippen molar-refractivity contribution in [2.24, 2.45) is 5.73 Å². The van der Waals surface area contributed by atoms with Gasteiger partial charge in [-0.25, -0.2) is 4.98 Å². The van der Waals surface area contributed by atoms with E-state index in [1.165, 1.54) is 5.01 Å². The number of thiazole rings is 1. The van der Waals surface area contributed by atoms with Gasteiger partial charge in [0.2, 0.25) is 5.91 Å². The molecule has 5 nitrogen and oxygen atoms in total. The Morgan fingerprint density at radius 3 is 2.48 bits per heavy atom. The molecule has 1 fully saturated rings. The van der Waals surface area contributed by atoms with Crippen molar-refractivity contribution in [3.8, 4) is 0 Å². The maximum absolute atomic E-state index is 11.8. The normalized spacial score (nSPS) is 18.8. The summed E-state index contributed by atoms with van der Waals surface area (Å²) in [5.74, 6) is 0.0540. The fourth-order valence-electron chi connectivity index (χ4n) is 2.37. The molecule has 1 aliphatic rings. The van der Waals surface area contributed by atoms with E-state index >= 15 is 0 Å². The number of hydrogen-bond acceptors (Lipinski definition) is 5. The standard InChI is InChI=1S/C15H26N4OS/c1-11(16)13(20)19-7-5-18(6-8-19)9-12-10-21-14(17-12)15(2,3)4/h10-11H,5-9,16H2,1-4H3. The first kappa shape index (κ1) is 16.4. The second kappa shape index (κ2) is 6.42. The molecule has 1 aromatic heterocycles. The number of carbonyl (C=O) groups is 1. The second-order valence-electron chi connectivity index (χ2n) is 6.78. The third kappa shape index (κ3) is 4.25. The van der Waals surface area contributed by atoms with Gasteiger partial charge in [-0.2, -0.15) is 0 Å². The Labute approximate surface area is 131 Å². The van der Waals surface area contributed by atoms with Crippen LogP contribution in [0.1, 0.15) is 38.4 Å². The van der Waals surface area contributed by atoms with Crippen molar-refractivity contribution in [1.29, 1.82) is 0 Å². The highest BCUT2D eigenvalue weighted by Crippen LogP contribution is 2.26. The lowest BCUT2D eigenvalue weighted by Gasteiger charge is -2.35. The fraction of sp³-hybridized carbons (Fsp3) is 0.733. The summed E-state index contributed by atoms with van der Waals surface area (Å²) in [7, 11) is 0. The van der Waals surface area contributed by atoms with Gasteiger partial charge in [-0.3, -0.25) is 9.69 Å². The zero-order valence-electron chi connectivity index (χ0n) is 13.4. The number of amides is 1. The summed E-state index contributed by atoms with van der Waals surface area (Å²) < 4.78 is 0. The van der Waals surface area contributed by atoms with Crippen molar-refractivity contribution in [3.63, 3.8) is 0 Å². The summed E-state index contributed by atoms with van der Waals surface area (Å²) in [6.45, 7) is 12.5. The molecule has 118 valence electrons. The first-order valence-corrected chi connectivity index (χ1v) is 8.37. The molecule has 0 saturated carbocycles. The molecule has 1 unspecified atom stereocenters. The maximum atomic E-state index is 11.8. The van der Waals surface area contributed by atoms with Crippen LogP contribution < -0.4 is 5.73 Å². The summed E-state index contributed by atoms with van der Waals surface area (Å²) in [5, 5.41) is 3.34. The summed E-state index contributed by atoms with van der Waals surface area (Å²) in [4.78, 5) is 20.8. The molecule has 1 amide bonds. The summed E-state index contributed by atoms with van der Waals surface area (Å²) in [5.41, 5.74) is 6.91. The highest BCUT2D eigenvalue weighted by Gasteiger charge is 2.24. The van der Waals surface area contributed by atoms with E-state index in [4.69, 9.17) is 10.7 Å². The van der Waals surface area contributed by atoms with E-state index in [1.807, 2.05) is 4.90 Å². The maximum Gasteiger partial charge on any atom is 0.239 e. The van der Waals surface area contributed by atoms with Crippen LogP contribution in [0.4, 0.5) is 0 Å². The van der Waals surface area contributed by atoms with Gasteiger partial charge in [-0.05, 0) is 6.92 Å². The van der Waals surface area contributed by atoms with Crippen LogP contribution in [0.2, 0.25) is 0 Å². The smallest absolute Gasteiger partial charge is 0.239 e. The van der Waals surface area contributed by atoms with E-state index < -0.39 is 6.04 Å². The monoisotopic (exact) mass is 310 g/mol. The first-order valence-electron chi connectivity index (χ1n) is 7.49. The van der Waals surface area contributed by atoms with Gasteiger partial charge in [0.1, 0.15) is 0 Å². The minimum absolute atomic E-state index is 0.0540. The Hall–Kier alpha value is -0.980. The molecule has 1 aliphatic heterocycles. The molecule has 0 aromatic carbocycles. The molecule has 0 radical (unpaired) electrons. The number of nitrogens with zero attached hydrogens (tertiary/aromatic N) is 3. The van der Waals surface area contributed by atoms with E-state index in [0.717, 1.165) is 38.4 Å². The van der Waals surface area contributed by atoms with E-state index in [9.17, 15) is 4.79 Å². The van der Waals surface area contributed by atoms with Crippen molar-refractivity contribution in [1.82, 2.24) is 14.8 Å². The summed E-state index contributed by atoms with van der Waals surface area (Å²) >= 11 is 1.74. The lowest BCUT2D eigenvalue weighted by atomic mass is 9.98. The van der Waals surface area contributed by atoms with E-state index in [0.29, 0.717) is 0 Å². The second-order valence-corrected chi connectivity index (χ2v) is 7.64. The minimum atomic E-state index is -0.399. The van der Waals surface area contributed by atoms with Crippen LogP contribution in [-0.4, -0.2) is 52.9 Å². The van der Waals surface area contributed by atoms with Gasteiger partial charge >= 0.3 is 0 Å². The average Bonchev–Trinajstić information content (AvgIpc) is 2.87. The van der Waals surface area contributed by atoms with Crippen molar-refractivity contribution in [3.05, 3.63) is 16.1 Å². The van der Waals surface area contributed by atoms with Gasteiger partial charge in [0, 0.05) is 43.5 Å². The average molecular weight is 310 g/mol. The van der Waals surface area contributed by atoms with Crippen molar-refractivity contribution in [2.45, 2.75) is 45.7 Å². The molecule has 1 atom stereocenters. The molecule has 1 saturated heterocycles. The predicted molar refractivity (Wildman–Crippen MR) is 86.3 cm³/mol. The Balaban J connectivity index is 1.86. The van der Waals surface area contributed by atoms with Gasteiger partial charge in [0.25, 0.3) is 0 Å². The number of nitrogens with two attached hydrogens (primary N) is 1. The van der Waals surface area contributed by atoms with Gasteiger partial charge < -0.3 is 10.6 Å². The van der Waals surface area contributed by atoms with Crippen LogP contribution >= 0.6 is 11.3 Å². The number of piperazine rings is 1. The zero-order chi connectivity index (χ0) is 15.6. The van der Waals surface area contributed by atoms with Gasteiger partial charge in [-0.1, -0.05) is 20.8 Å². The Morgan fingerprint density at radius 2 is 2.00 bits per heavy atom. The molecular weight excluding hydrogens is 284 g/mol. The van der Waals surface area contributed by atoms with Crippen LogP contribution in [0.25, 0.3) is 0 Å². The molecule has 2 rings (SSSR count). The highest BCUT2D eigenvalue weighted by atomic mass is 32.1. The quantitative estimate of drug-likeness (QED) is 0.917. The molecule has 0 bridgehead atoms. The van der Waals surface area contributed by atoms with Crippen LogP contribution in [0, 0.1) is 0 Å². The van der Waals surface area contributed by atoms with Crippen molar-refractivity contribution in [2.75, 3.05) is 26.2 Å². The largest absolute Gasteiger partial charge is 0.339 e. The minimum Gasteiger partial charge on any atom is -0.339 e. The molecule has 1 aromatic rings. The Kier molecular flexibility index (Phi) is 5.01. The van der Waals surface area contributed by atoms with Gasteiger partial charge in [0.05, 0.1) is 16.7 Å². The third-order valence-electron chi connectivity index (χ3n) is 3.65. The zero-order valence-corrected chi connectivity index (χ0v) is 14.2. The SMILES string of the molecule is CC(N)C(=O)N1CCN(Cc2csc(C(C)(C)C)n2)CC1. The summed E-state index contributed by atoms with van der Waals surface area (Å²) in [6.07, 6.45) is 0. The van der Waals surface area contributed by atoms with E-state index in [2.05, 4.69) is 31.1 Å². The molecule has 21 heavy (non-hydrogen) atoms. The van der Waals surface area contributed by atoms with Gasteiger partial charge in [-0.15, -0.1) is 11.3 Å². The predicted octanol–water partition coefficient (Wildman–Crippen LogP) is 1.43. The first-order chi connectivity index (χ1) is 9.77. The molecule has 0 spiro atoms. The lowest BCUT2D eigenvalue weighted by Crippen LogP contribution is -2.52. The number of hydrogen-bond donors (Lipinski definition) is 1. The third-order valence-corrected chi connectivity index (χ3v) is 4.97. The van der Waals surface area contributed by atoms with Crippen LogP contribution in [0.15, 0.2) is 5.38 Å². The molecule has 2 heterocycles. The lowest BCUT2D eigenvalue weighted by molar-refractivity contribution is -0.134. The van der Waals surface area contributed by atoms with Crippen molar-refractivity contribution < 1.29 is 4.79 Å².